The van der Waals surface area contributed by atoms with Crippen LogP contribution in [0.25, 0.3) is 0 Å². The van der Waals surface area contributed by atoms with Gasteiger partial charge in [-0.15, -0.1) is 0 Å². The van der Waals surface area contributed by atoms with Crippen molar-refractivity contribution in [3.63, 3.8) is 0 Å². The number of aliphatic hydroxyl groups is 2. The monoisotopic (exact) mass is 862 g/mol. The van der Waals surface area contributed by atoms with Crippen LogP contribution in [0.1, 0.15) is 303 Å². The van der Waals surface area contributed by atoms with Crippen LogP contribution in [0, 0.1) is 0 Å². The molecule has 0 aliphatic rings. The number of aliphatic hydroxyl groups excluding tert-OH is 2. The molecule has 2 atom stereocenters. The molecule has 0 aromatic rings. The van der Waals surface area contributed by atoms with Crippen LogP contribution >= 0.6 is 0 Å². The molecule has 3 N–H and O–H groups in total. The fraction of sp³-hybridized carbons (Fsp3) is 0.927. The minimum Gasteiger partial charge on any atom is -0.466 e. The molecule has 0 bridgehead atoms. The third kappa shape index (κ3) is 47.9. The van der Waals surface area contributed by atoms with Gasteiger partial charge in [0.1, 0.15) is 0 Å². The van der Waals surface area contributed by atoms with Crippen LogP contribution < -0.4 is 5.32 Å². The zero-order valence-corrected chi connectivity index (χ0v) is 41.2. The van der Waals surface area contributed by atoms with Crippen molar-refractivity contribution in [3.8, 4) is 0 Å². The van der Waals surface area contributed by atoms with Crippen molar-refractivity contribution < 1.29 is 24.5 Å². The highest BCUT2D eigenvalue weighted by Crippen LogP contribution is 2.17. The topological polar surface area (TPSA) is 95.9 Å². The fourth-order valence-corrected chi connectivity index (χ4v) is 8.58. The molecule has 0 aromatic heterocycles. The van der Waals surface area contributed by atoms with Crippen molar-refractivity contribution in [1.82, 2.24) is 5.32 Å². The van der Waals surface area contributed by atoms with E-state index in [0.717, 1.165) is 44.9 Å². The molecule has 362 valence electrons. The molecule has 0 rings (SSSR count). The van der Waals surface area contributed by atoms with Gasteiger partial charge in [-0.2, -0.15) is 0 Å². The number of esters is 1. The van der Waals surface area contributed by atoms with Crippen molar-refractivity contribution in [3.05, 3.63) is 12.2 Å². The molecule has 61 heavy (non-hydrogen) atoms. The summed E-state index contributed by atoms with van der Waals surface area (Å²) >= 11 is 0. The highest BCUT2D eigenvalue weighted by molar-refractivity contribution is 5.76. The van der Waals surface area contributed by atoms with Gasteiger partial charge in [0.05, 0.1) is 25.4 Å². The molecule has 6 nitrogen and oxygen atoms in total. The van der Waals surface area contributed by atoms with E-state index in [9.17, 15) is 19.8 Å². The first-order valence-electron chi connectivity index (χ1n) is 27.4. The molecule has 0 spiro atoms. The molecular formula is C55H107NO5. The standard InChI is InChI=1S/C55H107NO5/c1-3-5-7-9-11-13-15-16-21-25-29-33-37-41-45-49-55(60)61-50-46-42-38-34-30-26-23-20-18-17-19-22-24-28-32-36-40-44-48-54(59)56-52(51-57)53(58)47-43-39-35-31-27-14-12-10-8-6-4-2/h16,21,52-53,57-58H,3-15,17-20,22-51H2,1-2H3,(H,56,59)/b21-16-. The van der Waals surface area contributed by atoms with Gasteiger partial charge >= 0.3 is 5.97 Å². The average Bonchev–Trinajstić information content (AvgIpc) is 3.26. The van der Waals surface area contributed by atoms with E-state index in [2.05, 4.69) is 31.3 Å². The largest absolute Gasteiger partial charge is 0.466 e. The van der Waals surface area contributed by atoms with Gasteiger partial charge in [-0.25, -0.2) is 0 Å². The maximum atomic E-state index is 12.4. The van der Waals surface area contributed by atoms with Crippen molar-refractivity contribution in [2.45, 2.75) is 315 Å². The SMILES string of the molecule is CCCCCCCC/C=C\CCCCCCCC(=O)OCCCCCCCCCCCCCCCCCCCCC(=O)NC(CO)C(O)CCCCCCCCCCCCC. The predicted molar refractivity (Wildman–Crippen MR) is 264 cm³/mol. The van der Waals surface area contributed by atoms with Gasteiger partial charge in [0.25, 0.3) is 0 Å². The van der Waals surface area contributed by atoms with Gasteiger partial charge in [-0.1, -0.05) is 251 Å². The predicted octanol–water partition coefficient (Wildman–Crippen LogP) is 16.5. The zero-order chi connectivity index (χ0) is 44.4. The number of ether oxygens (including phenoxy) is 1. The lowest BCUT2D eigenvalue weighted by molar-refractivity contribution is -0.143. The Labute approximate surface area is 380 Å². The van der Waals surface area contributed by atoms with Gasteiger partial charge in [0, 0.05) is 12.8 Å². The minimum atomic E-state index is -0.665. The Morgan fingerprint density at radius 1 is 0.443 bits per heavy atom. The number of carbonyl (C=O) groups excluding carboxylic acids is 2. The lowest BCUT2D eigenvalue weighted by Crippen LogP contribution is -2.45. The third-order valence-electron chi connectivity index (χ3n) is 12.8. The normalized spacial score (nSPS) is 12.7. The Morgan fingerprint density at radius 2 is 0.770 bits per heavy atom. The molecule has 0 aliphatic carbocycles. The Hall–Kier alpha value is -1.40. The van der Waals surface area contributed by atoms with E-state index in [1.807, 2.05) is 0 Å². The summed E-state index contributed by atoms with van der Waals surface area (Å²) in [5.41, 5.74) is 0. The van der Waals surface area contributed by atoms with E-state index in [1.54, 1.807) is 0 Å². The summed E-state index contributed by atoms with van der Waals surface area (Å²) in [6.07, 6.45) is 59.1. The quantitative estimate of drug-likeness (QED) is 0.0322. The Balaban J connectivity index is 3.38. The van der Waals surface area contributed by atoms with Crippen LogP contribution in [-0.2, 0) is 14.3 Å². The second-order valence-electron chi connectivity index (χ2n) is 18.9. The van der Waals surface area contributed by atoms with Gasteiger partial charge in [0.15, 0.2) is 0 Å². The summed E-state index contributed by atoms with van der Waals surface area (Å²) in [5.74, 6) is -0.0398. The number of unbranched alkanes of at least 4 members (excludes halogenated alkanes) is 38. The maximum Gasteiger partial charge on any atom is 0.305 e. The van der Waals surface area contributed by atoms with E-state index < -0.39 is 12.1 Å². The lowest BCUT2D eigenvalue weighted by Gasteiger charge is -2.22. The lowest BCUT2D eigenvalue weighted by atomic mass is 10.0. The molecule has 0 aliphatic heterocycles. The van der Waals surface area contributed by atoms with Crippen LogP contribution in [0.5, 0.6) is 0 Å². The number of carbonyl (C=O) groups is 2. The number of amides is 1. The van der Waals surface area contributed by atoms with Gasteiger partial charge in [-0.3, -0.25) is 9.59 Å². The Morgan fingerprint density at radius 3 is 1.16 bits per heavy atom. The van der Waals surface area contributed by atoms with E-state index in [1.165, 1.54) is 225 Å². The van der Waals surface area contributed by atoms with Gasteiger partial charge in [0.2, 0.25) is 5.91 Å². The summed E-state index contributed by atoms with van der Waals surface area (Å²) < 4.78 is 5.47. The van der Waals surface area contributed by atoms with Gasteiger partial charge < -0.3 is 20.3 Å². The average molecular weight is 862 g/mol. The Kier molecular flexibility index (Phi) is 50.1. The highest BCUT2D eigenvalue weighted by Gasteiger charge is 2.20. The van der Waals surface area contributed by atoms with Crippen LogP contribution in [0.4, 0.5) is 0 Å². The summed E-state index contributed by atoms with van der Waals surface area (Å²) in [6, 6.07) is -0.542. The number of hydrogen-bond acceptors (Lipinski definition) is 5. The van der Waals surface area contributed by atoms with Crippen LogP contribution in [-0.4, -0.2) is 47.4 Å². The molecule has 6 heteroatoms. The molecule has 0 aromatic carbocycles. The van der Waals surface area contributed by atoms with Crippen LogP contribution in [0.3, 0.4) is 0 Å². The van der Waals surface area contributed by atoms with Crippen molar-refractivity contribution in [2.24, 2.45) is 0 Å². The van der Waals surface area contributed by atoms with Crippen molar-refractivity contribution in [2.75, 3.05) is 13.2 Å². The fourth-order valence-electron chi connectivity index (χ4n) is 8.58. The van der Waals surface area contributed by atoms with Crippen molar-refractivity contribution >= 4 is 11.9 Å². The first kappa shape index (κ1) is 59.6. The summed E-state index contributed by atoms with van der Waals surface area (Å²) in [6.45, 7) is 4.93. The van der Waals surface area contributed by atoms with Crippen LogP contribution in [0.15, 0.2) is 12.2 Å². The smallest absolute Gasteiger partial charge is 0.305 e. The molecular weight excluding hydrogens is 755 g/mol. The number of hydrogen-bond donors (Lipinski definition) is 3. The zero-order valence-electron chi connectivity index (χ0n) is 41.2. The third-order valence-corrected chi connectivity index (χ3v) is 12.8. The molecule has 2 unspecified atom stereocenters. The molecule has 1 amide bonds. The number of nitrogens with one attached hydrogen (secondary N) is 1. The van der Waals surface area contributed by atoms with E-state index >= 15 is 0 Å². The number of allylic oxidation sites excluding steroid dienone is 2. The second kappa shape index (κ2) is 51.2. The van der Waals surface area contributed by atoms with E-state index in [4.69, 9.17) is 4.74 Å². The second-order valence-corrected chi connectivity index (χ2v) is 18.9. The molecule has 0 radical (unpaired) electrons. The maximum absolute atomic E-state index is 12.4. The van der Waals surface area contributed by atoms with Crippen molar-refractivity contribution in [1.29, 1.82) is 0 Å². The number of rotatable bonds is 51. The minimum absolute atomic E-state index is 0.000399. The molecule has 0 saturated carbocycles. The summed E-state index contributed by atoms with van der Waals surface area (Å²) in [5, 5.41) is 23.2. The van der Waals surface area contributed by atoms with Gasteiger partial charge in [-0.05, 0) is 51.4 Å². The molecule has 0 heterocycles. The highest BCUT2D eigenvalue weighted by atomic mass is 16.5. The summed E-state index contributed by atoms with van der Waals surface area (Å²) in [4.78, 5) is 24.5. The first-order valence-corrected chi connectivity index (χ1v) is 27.4. The Bertz CT molecular complexity index is 909. The molecule has 0 fully saturated rings. The van der Waals surface area contributed by atoms with Crippen LogP contribution in [0.2, 0.25) is 0 Å². The first-order chi connectivity index (χ1) is 30.0. The van der Waals surface area contributed by atoms with E-state index in [0.29, 0.717) is 25.9 Å². The molecule has 0 saturated heterocycles. The van der Waals surface area contributed by atoms with E-state index in [-0.39, 0.29) is 18.5 Å². The summed E-state index contributed by atoms with van der Waals surface area (Å²) in [7, 11) is 0.